The predicted molar refractivity (Wildman–Crippen MR) is 138 cm³/mol. The highest BCUT2D eigenvalue weighted by atomic mass is 16.6. The van der Waals surface area contributed by atoms with Crippen LogP contribution in [0.1, 0.15) is 50.4 Å². The topological polar surface area (TPSA) is 117 Å². The number of alkyl carbamates (subject to hydrolysis) is 1. The van der Waals surface area contributed by atoms with Gasteiger partial charge >= 0.3 is 6.09 Å². The van der Waals surface area contributed by atoms with Crippen molar-refractivity contribution in [3.05, 3.63) is 59.2 Å². The Morgan fingerprint density at radius 1 is 1.03 bits per heavy atom. The number of aliphatic hydroxyl groups is 1. The minimum Gasteiger partial charge on any atom is -0.497 e. The third-order valence-corrected chi connectivity index (χ3v) is 5.53. The van der Waals surface area contributed by atoms with Gasteiger partial charge in [0.25, 0.3) is 5.91 Å². The molecule has 3 N–H and O–H groups in total. The van der Waals surface area contributed by atoms with Gasteiger partial charge in [-0.3, -0.25) is 9.59 Å². The number of rotatable bonds is 9. The molecule has 0 saturated heterocycles. The molecular formula is C27H37N3O6. The van der Waals surface area contributed by atoms with E-state index in [0.717, 1.165) is 11.1 Å². The van der Waals surface area contributed by atoms with Gasteiger partial charge in [0, 0.05) is 12.2 Å². The first-order valence-corrected chi connectivity index (χ1v) is 11.8. The number of nitrogens with one attached hydrogen (secondary N) is 2. The molecule has 2 aromatic rings. The Labute approximate surface area is 212 Å². The predicted octanol–water partition coefficient (Wildman–Crippen LogP) is 3.73. The Morgan fingerprint density at radius 3 is 2.08 bits per heavy atom. The van der Waals surface area contributed by atoms with Gasteiger partial charge in [0.2, 0.25) is 5.91 Å². The standard InChI is InChI=1S/C27H37N3O6/c1-8-30(25(33)21(16-31)29-26(34)36-27(4,5)6)23(22-17(2)10-9-11-18(22)3)24(32)28-19-12-14-20(35-7)15-13-19/h9-15,21,23,31H,8,16H2,1-7H3,(H,28,32)(H,29,34). The van der Waals surface area contributed by atoms with Gasteiger partial charge in [-0.2, -0.15) is 0 Å². The zero-order valence-corrected chi connectivity index (χ0v) is 22.0. The zero-order valence-electron chi connectivity index (χ0n) is 22.0. The lowest BCUT2D eigenvalue weighted by Gasteiger charge is -2.34. The number of methoxy groups -OCH3 is 1. The van der Waals surface area contributed by atoms with E-state index in [0.29, 0.717) is 17.0 Å². The van der Waals surface area contributed by atoms with E-state index in [1.165, 1.54) is 4.90 Å². The summed E-state index contributed by atoms with van der Waals surface area (Å²) in [6.07, 6.45) is -0.836. The fourth-order valence-electron chi connectivity index (χ4n) is 3.87. The monoisotopic (exact) mass is 499 g/mol. The van der Waals surface area contributed by atoms with Gasteiger partial charge in [-0.1, -0.05) is 18.2 Å². The minimum atomic E-state index is -1.29. The van der Waals surface area contributed by atoms with E-state index in [1.54, 1.807) is 59.1 Å². The van der Waals surface area contributed by atoms with Crippen LogP contribution >= 0.6 is 0 Å². The Balaban J connectivity index is 2.45. The van der Waals surface area contributed by atoms with Gasteiger partial charge in [-0.15, -0.1) is 0 Å². The molecule has 0 aliphatic rings. The average molecular weight is 500 g/mol. The first kappa shape index (κ1) is 28.6. The number of carbonyl (C=O) groups is 3. The van der Waals surface area contributed by atoms with Crippen LogP contribution in [0.2, 0.25) is 0 Å². The summed E-state index contributed by atoms with van der Waals surface area (Å²) in [5.74, 6) is -0.395. The molecule has 0 saturated carbocycles. The summed E-state index contributed by atoms with van der Waals surface area (Å²) >= 11 is 0. The summed E-state index contributed by atoms with van der Waals surface area (Å²) in [6, 6.07) is 10.2. The number of benzene rings is 2. The van der Waals surface area contributed by atoms with Crippen molar-refractivity contribution in [1.82, 2.24) is 10.2 Å². The van der Waals surface area contributed by atoms with Gasteiger partial charge in [-0.05, 0) is 82.5 Å². The van der Waals surface area contributed by atoms with Crippen molar-refractivity contribution in [3.8, 4) is 5.75 Å². The van der Waals surface area contributed by atoms with Crippen LogP contribution in [-0.2, 0) is 14.3 Å². The van der Waals surface area contributed by atoms with Crippen LogP contribution in [0.4, 0.5) is 10.5 Å². The number of aryl methyl sites for hydroxylation is 2. The second-order valence-corrected chi connectivity index (χ2v) is 9.43. The molecule has 0 radical (unpaired) electrons. The number of nitrogens with zero attached hydrogens (tertiary/aromatic N) is 1. The highest BCUT2D eigenvalue weighted by Gasteiger charge is 2.36. The fourth-order valence-corrected chi connectivity index (χ4v) is 3.87. The molecule has 9 heteroatoms. The van der Waals surface area contributed by atoms with E-state index in [-0.39, 0.29) is 6.54 Å². The SMILES string of the molecule is CCN(C(=O)C(CO)NC(=O)OC(C)(C)C)C(C(=O)Nc1ccc(OC)cc1)c1c(C)cccc1C. The number of anilines is 1. The van der Waals surface area contributed by atoms with Crippen LogP contribution in [-0.4, -0.2) is 59.8 Å². The fraction of sp³-hybridized carbons (Fsp3) is 0.444. The van der Waals surface area contributed by atoms with Crippen LogP contribution < -0.4 is 15.4 Å². The van der Waals surface area contributed by atoms with E-state index in [4.69, 9.17) is 9.47 Å². The molecule has 0 aliphatic heterocycles. The lowest BCUT2D eigenvalue weighted by molar-refractivity contribution is -0.141. The van der Waals surface area contributed by atoms with Gasteiger partial charge in [0.05, 0.1) is 13.7 Å². The molecule has 0 aliphatic carbocycles. The van der Waals surface area contributed by atoms with Crippen molar-refractivity contribution in [2.75, 3.05) is 25.6 Å². The Bertz CT molecular complexity index is 1040. The first-order chi connectivity index (χ1) is 16.9. The number of aliphatic hydroxyl groups excluding tert-OH is 1. The zero-order chi connectivity index (χ0) is 27.0. The number of hydrogen-bond acceptors (Lipinski definition) is 6. The maximum absolute atomic E-state index is 13.7. The molecule has 0 aromatic heterocycles. The molecule has 0 spiro atoms. The maximum Gasteiger partial charge on any atom is 0.408 e. The second-order valence-electron chi connectivity index (χ2n) is 9.43. The van der Waals surface area contributed by atoms with Crippen LogP contribution in [0, 0.1) is 13.8 Å². The molecular weight excluding hydrogens is 462 g/mol. The van der Waals surface area contributed by atoms with Crippen molar-refractivity contribution < 1.29 is 29.0 Å². The molecule has 36 heavy (non-hydrogen) atoms. The molecule has 0 bridgehead atoms. The lowest BCUT2D eigenvalue weighted by Crippen LogP contribution is -2.54. The maximum atomic E-state index is 13.7. The van der Waals surface area contributed by atoms with E-state index in [1.807, 2.05) is 32.0 Å². The Kier molecular flexibility index (Phi) is 9.86. The number of ether oxygens (including phenoxy) is 2. The quantitative estimate of drug-likeness (QED) is 0.484. The van der Waals surface area contributed by atoms with E-state index in [9.17, 15) is 19.5 Å². The van der Waals surface area contributed by atoms with Gasteiger partial charge in [-0.25, -0.2) is 4.79 Å². The number of amides is 3. The highest BCUT2D eigenvalue weighted by Crippen LogP contribution is 2.30. The molecule has 2 unspecified atom stereocenters. The van der Waals surface area contributed by atoms with E-state index in [2.05, 4.69) is 10.6 Å². The third kappa shape index (κ3) is 7.45. The molecule has 9 nitrogen and oxygen atoms in total. The van der Waals surface area contributed by atoms with E-state index < -0.39 is 42.2 Å². The second kappa shape index (κ2) is 12.4. The van der Waals surface area contributed by atoms with Crippen molar-refractivity contribution in [3.63, 3.8) is 0 Å². The molecule has 196 valence electrons. The van der Waals surface area contributed by atoms with Crippen LogP contribution in [0.5, 0.6) is 5.75 Å². The number of hydrogen-bond donors (Lipinski definition) is 3. The van der Waals surface area contributed by atoms with E-state index >= 15 is 0 Å². The van der Waals surface area contributed by atoms with Crippen LogP contribution in [0.15, 0.2) is 42.5 Å². The lowest BCUT2D eigenvalue weighted by atomic mass is 9.93. The van der Waals surface area contributed by atoms with Gasteiger partial charge in [0.15, 0.2) is 0 Å². The average Bonchev–Trinajstić information content (AvgIpc) is 2.80. The minimum absolute atomic E-state index is 0.153. The highest BCUT2D eigenvalue weighted by molar-refractivity contribution is 5.99. The summed E-state index contributed by atoms with van der Waals surface area (Å²) in [5.41, 5.74) is 2.09. The smallest absolute Gasteiger partial charge is 0.408 e. The van der Waals surface area contributed by atoms with Crippen LogP contribution in [0.3, 0.4) is 0 Å². The largest absolute Gasteiger partial charge is 0.497 e. The summed E-state index contributed by atoms with van der Waals surface area (Å²) in [6.45, 7) is 10.1. The van der Waals surface area contributed by atoms with Gasteiger partial charge < -0.3 is 30.1 Å². The van der Waals surface area contributed by atoms with Crippen LogP contribution in [0.25, 0.3) is 0 Å². The molecule has 3 amide bonds. The summed E-state index contributed by atoms with van der Waals surface area (Å²) in [7, 11) is 1.55. The number of likely N-dealkylation sites (N-methyl/N-ethyl adjacent to an activating group) is 1. The third-order valence-electron chi connectivity index (χ3n) is 5.53. The first-order valence-electron chi connectivity index (χ1n) is 11.8. The molecule has 2 rings (SSSR count). The van der Waals surface area contributed by atoms with Crippen molar-refractivity contribution >= 4 is 23.6 Å². The molecule has 2 aromatic carbocycles. The Morgan fingerprint density at radius 2 is 1.61 bits per heavy atom. The Hall–Kier alpha value is -3.59. The normalized spacial score (nSPS) is 12.8. The van der Waals surface area contributed by atoms with Gasteiger partial charge in [0.1, 0.15) is 23.4 Å². The summed E-state index contributed by atoms with van der Waals surface area (Å²) in [5, 5.41) is 15.3. The summed E-state index contributed by atoms with van der Waals surface area (Å²) < 4.78 is 10.4. The van der Waals surface area contributed by atoms with Crippen molar-refractivity contribution in [2.45, 2.75) is 59.2 Å². The summed E-state index contributed by atoms with van der Waals surface area (Å²) in [4.78, 5) is 40.9. The molecule has 2 atom stereocenters. The molecule has 0 heterocycles. The number of carbonyl (C=O) groups excluding carboxylic acids is 3. The molecule has 0 fully saturated rings. The van der Waals surface area contributed by atoms with Crippen molar-refractivity contribution in [2.24, 2.45) is 0 Å². The van der Waals surface area contributed by atoms with Crippen molar-refractivity contribution in [1.29, 1.82) is 0 Å².